The zero-order valence-corrected chi connectivity index (χ0v) is 7.72. The van der Waals surface area contributed by atoms with Gasteiger partial charge >= 0.3 is 0 Å². The SMILES string of the molecule is CCC1CC(C)C1C(C)C. The van der Waals surface area contributed by atoms with Gasteiger partial charge in [0.05, 0.1) is 0 Å². The van der Waals surface area contributed by atoms with Crippen LogP contribution in [0.5, 0.6) is 0 Å². The molecule has 1 aliphatic rings. The predicted molar refractivity (Wildman–Crippen MR) is 45.9 cm³/mol. The maximum Gasteiger partial charge on any atom is -0.0337 e. The van der Waals surface area contributed by atoms with Gasteiger partial charge in [-0.05, 0) is 30.1 Å². The largest absolute Gasteiger partial charge is 0.0651 e. The van der Waals surface area contributed by atoms with E-state index in [1.54, 1.807) is 0 Å². The molecule has 0 N–H and O–H groups in total. The Morgan fingerprint density at radius 3 is 2.20 bits per heavy atom. The molecule has 3 atom stereocenters. The second kappa shape index (κ2) is 2.94. The van der Waals surface area contributed by atoms with Crippen LogP contribution >= 0.6 is 0 Å². The summed E-state index contributed by atoms with van der Waals surface area (Å²) in [4.78, 5) is 0. The van der Waals surface area contributed by atoms with Gasteiger partial charge in [0.25, 0.3) is 0 Å². The molecule has 0 aromatic carbocycles. The van der Waals surface area contributed by atoms with E-state index in [1.165, 1.54) is 12.8 Å². The summed E-state index contributed by atoms with van der Waals surface area (Å²) >= 11 is 0. The van der Waals surface area contributed by atoms with Gasteiger partial charge in [0.2, 0.25) is 0 Å². The third kappa shape index (κ3) is 1.21. The van der Waals surface area contributed by atoms with E-state index in [4.69, 9.17) is 0 Å². The molecule has 0 bridgehead atoms. The number of hydrogen-bond donors (Lipinski definition) is 0. The summed E-state index contributed by atoms with van der Waals surface area (Å²) in [6.45, 7) is 9.45. The first-order chi connectivity index (χ1) is 4.66. The van der Waals surface area contributed by atoms with Crippen molar-refractivity contribution in [2.75, 3.05) is 0 Å². The molecular formula is C10H20. The third-order valence-electron chi connectivity index (χ3n) is 3.17. The van der Waals surface area contributed by atoms with Crippen molar-refractivity contribution < 1.29 is 0 Å². The molecular weight excluding hydrogens is 120 g/mol. The lowest BCUT2D eigenvalue weighted by Gasteiger charge is -2.45. The Hall–Kier alpha value is 0. The van der Waals surface area contributed by atoms with Gasteiger partial charge < -0.3 is 0 Å². The van der Waals surface area contributed by atoms with Crippen LogP contribution < -0.4 is 0 Å². The third-order valence-corrected chi connectivity index (χ3v) is 3.17. The van der Waals surface area contributed by atoms with E-state index >= 15 is 0 Å². The first-order valence-corrected chi connectivity index (χ1v) is 4.66. The van der Waals surface area contributed by atoms with E-state index < -0.39 is 0 Å². The fourth-order valence-electron chi connectivity index (χ4n) is 2.70. The monoisotopic (exact) mass is 140 g/mol. The van der Waals surface area contributed by atoms with E-state index in [2.05, 4.69) is 27.7 Å². The normalized spacial score (nSPS) is 39.9. The highest BCUT2D eigenvalue weighted by molar-refractivity contribution is 4.87. The molecule has 0 spiro atoms. The molecule has 0 radical (unpaired) electrons. The maximum atomic E-state index is 2.40. The molecule has 0 heterocycles. The maximum absolute atomic E-state index is 2.40. The molecule has 0 amide bonds. The molecule has 0 aliphatic heterocycles. The summed E-state index contributed by atoms with van der Waals surface area (Å²) in [5.41, 5.74) is 0. The molecule has 3 unspecified atom stereocenters. The van der Waals surface area contributed by atoms with Crippen LogP contribution in [0.4, 0.5) is 0 Å². The molecule has 1 saturated carbocycles. The van der Waals surface area contributed by atoms with Gasteiger partial charge in [-0.2, -0.15) is 0 Å². The van der Waals surface area contributed by atoms with Crippen molar-refractivity contribution >= 4 is 0 Å². The molecule has 1 aliphatic carbocycles. The van der Waals surface area contributed by atoms with Gasteiger partial charge in [0, 0.05) is 0 Å². The lowest BCUT2D eigenvalue weighted by atomic mass is 9.60. The Morgan fingerprint density at radius 2 is 2.00 bits per heavy atom. The lowest BCUT2D eigenvalue weighted by Crippen LogP contribution is -2.37. The molecule has 0 aromatic heterocycles. The van der Waals surface area contributed by atoms with Crippen LogP contribution in [-0.2, 0) is 0 Å². The van der Waals surface area contributed by atoms with Gasteiger partial charge in [-0.15, -0.1) is 0 Å². The smallest absolute Gasteiger partial charge is 0.0337 e. The Morgan fingerprint density at radius 1 is 1.40 bits per heavy atom. The van der Waals surface area contributed by atoms with Gasteiger partial charge in [-0.25, -0.2) is 0 Å². The zero-order chi connectivity index (χ0) is 7.72. The van der Waals surface area contributed by atoms with E-state index in [9.17, 15) is 0 Å². The van der Waals surface area contributed by atoms with Crippen LogP contribution in [0, 0.1) is 23.7 Å². The highest BCUT2D eigenvalue weighted by atomic mass is 14.4. The average molecular weight is 140 g/mol. The predicted octanol–water partition coefficient (Wildman–Crippen LogP) is 3.32. The van der Waals surface area contributed by atoms with Crippen molar-refractivity contribution in [3.8, 4) is 0 Å². The summed E-state index contributed by atoms with van der Waals surface area (Å²) in [7, 11) is 0. The van der Waals surface area contributed by atoms with Crippen LogP contribution in [0.3, 0.4) is 0 Å². The van der Waals surface area contributed by atoms with Crippen molar-refractivity contribution in [2.24, 2.45) is 23.7 Å². The lowest BCUT2D eigenvalue weighted by molar-refractivity contribution is 0.0407. The van der Waals surface area contributed by atoms with Crippen molar-refractivity contribution in [3.05, 3.63) is 0 Å². The number of hydrogen-bond acceptors (Lipinski definition) is 0. The highest BCUT2D eigenvalue weighted by Gasteiger charge is 2.37. The van der Waals surface area contributed by atoms with Crippen LogP contribution in [0.1, 0.15) is 40.5 Å². The van der Waals surface area contributed by atoms with E-state index in [1.807, 2.05) is 0 Å². The summed E-state index contributed by atoms with van der Waals surface area (Å²) in [6.07, 6.45) is 2.88. The van der Waals surface area contributed by atoms with Crippen LogP contribution in [0.2, 0.25) is 0 Å². The Labute approximate surface area is 65.0 Å². The van der Waals surface area contributed by atoms with Crippen molar-refractivity contribution in [2.45, 2.75) is 40.5 Å². The second-order valence-corrected chi connectivity index (χ2v) is 4.20. The first kappa shape index (κ1) is 8.10. The summed E-state index contributed by atoms with van der Waals surface area (Å²) < 4.78 is 0. The molecule has 1 rings (SSSR count). The Kier molecular flexibility index (Phi) is 2.38. The minimum Gasteiger partial charge on any atom is -0.0651 e. The molecule has 60 valence electrons. The average Bonchev–Trinajstić information content (AvgIpc) is 1.80. The summed E-state index contributed by atoms with van der Waals surface area (Å²) in [6, 6.07) is 0. The van der Waals surface area contributed by atoms with Crippen LogP contribution in [-0.4, -0.2) is 0 Å². The van der Waals surface area contributed by atoms with Gasteiger partial charge in [-0.1, -0.05) is 34.1 Å². The van der Waals surface area contributed by atoms with Gasteiger partial charge in [0.1, 0.15) is 0 Å². The summed E-state index contributed by atoms with van der Waals surface area (Å²) in [5, 5.41) is 0. The fraction of sp³-hybridized carbons (Fsp3) is 1.00. The zero-order valence-electron chi connectivity index (χ0n) is 7.72. The topological polar surface area (TPSA) is 0 Å². The van der Waals surface area contributed by atoms with E-state index in [-0.39, 0.29) is 0 Å². The van der Waals surface area contributed by atoms with Crippen LogP contribution in [0.25, 0.3) is 0 Å². The van der Waals surface area contributed by atoms with Gasteiger partial charge in [-0.3, -0.25) is 0 Å². The Bertz CT molecular complexity index is 99.9. The fourth-order valence-corrected chi connectivity index (χ4v) is 2.70. The minimum atomic E-state index is 0.911. The minimum absolute atomic E-state index is 0.911. The molecule has 0 heteroatoms. The molecule has 0 nitrogen and oxygen atoms in total. The van der Waals surface area contributed by atoms with E-state index in [0.29, 0.717) is 0 Å². The molecule has 1 fully saturated rings. The Balaban J connectivity index is 2.40. The van der Waals surface area contributed by atoms with Gasteiger partial charge in [0.15, 0.2) is 0 Å². The highest BCUT2D eigenvalue weighted by Crippen LogP contribution is 2.46. The quantitative estimate of drug-likeness (QED) is 0.552. The van der Waals surface area contributed by atoms with Crippen LogP contribution in [0.15, 0.2) is 0 Å². The van der Waals surface area contributed by atoms with Crippen molar-refractivity contribution in [1.29, 1.82) is 0 Å². The molecule has 0 saturated heterocycles. The van der Waals surface area contributed by atoms with Crippen molar-refractivity contribution in [1.82, 2.24) is 0 Å². The molecule has 0 aromatic rings. The molecule has 10 heavy (non-hydrogen) atoms. The van der Waals surface area contributed by atoms with Crippen molar-refractivity contribution in [3.63, 3.8) is 0 Å². The standard InChI is InChI=1S/C10H20/c1-5-9-6-8(4)10(9)7(2)3/h7-10H,5-6H2,1-4H3. The first-order valence-electron chi connectivity index (χ1n) is 4.66. The second-order valence-electron chi connectivity index (χ2n) is 4.20. The number of rotatable bonds is 2. The van der Waals surface area contributed by atoms with E-state index in [0.717, 1.165) is 23.7 Å². The summed E-state index contributed by atoms with van der Waals surface area (Å²) in [5.74, 6) is 4.00.